The van der Waals surface area contributed by atoms with E-state index < -0.39 is 0 Å². The van der Waals surface area contributed by atoms with Gasteiger partial charge in [0.2, 0.25) is 0 Å². The highest BCUT2D eigenvalue weighted by Gasteiger charge is 1.91. The number of thioether (sulfide) groups is 1. The summed E-state index contributed by atoms with van der Waals surface area (Å²) in [6, 6.07) is 0. The molecule has 0 atom stereocenters. The van der Waals surface area contributed by atoms with Gasteiger partial charge in [0.25, 0.3) is 0 Å². The fraction of sp³-hybridized carbons (Fsp3) is 0.500. The van der Waals surface area contributed by atoms with Crippen LogP contribution in [-0.4, -0.2) is 34.3 Å². The summed E-state index contributed by atoms with van der Waals surface area (Å²) in [5.41, 5.74) is 0. The average molecular weight is 183 g/mol. The molecule has 0 aromatic carbocycles. The second-order valence-corrected chi connectivity index (χ2v) is 3.41. The number of aliphatic imine (C=N–C) groups is 1. The van der Waals surface area contributed by atoms with E-state index in [0.717, 1.165) is 18.1 Å². The molecule has 0 radical (unpaired) electrons. The second kappa shape index (κ2) is 4.98. The normalized spacial score (nSPS) is 11.2. The molecule has 12 heavy (non-hydrogen) atoms. The van der Waals surface area contributed by atoms with Gasteiger partial charge < -0.3 is 4.57 Å². The quantitative estimate of drug-likeness (QED) is 0.518. The summed E-state index contributed by atoms with van der Waals surface area (Å²) in [7, 11) is 1.96. The van der Waals surface area contributed by atoms with Crippen molar-refractivity contribution in [3.63, 3.8) is 0 Å². The number of hydrogen-bond acceptors (Lipinski definition) is 3. The van der Waals surface area contributed by atoms with Crippen LogP contribution >= 0.6 is 11.8 Å². The van der Waals surface area contributed by atoms with Crippen LogP contribution in [-0.2, 0) is 7.05 Å². The summed E-state index contributed by atoms with van der Waals surface area (Å²) < 4.78 is 1.95. The van der Waals surface area contributed by atoms with Crippen LogP contribution in [0, 0.1) is 0 Å². The van der Waals surface area contributed by atoms with Crippen LogP contribution in [0.4, 0.5) is 0 Å². The molecule has 0 aliphatic carbocycles. The molecule has 0 N–H and O–H groups in total. The Labute approximate surface area is 76.9 Å². The molecule has 0 aliphatic rings. The SMILES string of the molecule is CSCC/N=C/c1nccn1C. The molecule has 1 heterocycles. The molecule has 1 aromatic rings. The van der Waals surface area contributed by atoms with Crippen LogP contribution in [0.15, 0.2) is 17.4 Å². The third-order valence-corrected chi connectivity index (χ3v) is 2.08. The van der Waals surface area contributed by atoms with E-state index >= 15 is 0 Å². The highest BCUT2D eigenvalue weighted by Crippen LogP contribution is 1.92. The molecule has 66 valence electrons. The van der Waals surface area contributed by atoms with Gasteiger partial charge in [-0.05, 0) is 6.26 Å². The van der Waals surface area contributed by atoms with E-state index in [2.05, 4.69) is 16.2 Å². The van der Waals surface area contributed by atoms with E-state index in [-0.39, 0.29) is 0 Å². The summed E-state index contributed by atoms with van der Waals surface area (Å²) in [6.07, 6.45) is 7.58. The number of rotatable bonds is 4. The van der Waals surface area contributed by atoms with Crippen molar-refractivity contribution in [2.45, 2.75) is 0 Å². The maximum atomic E-state index is 4.24. The van der Waals surface area contributed by atoms with Crippen molar-refractivity contribution in [1.82, 2.24) is 9.55 Å². The summed E-state index contributed by atoms with van der Waals surface area (Å²) in [5.74, 6) is 1.98. The lowest BCUT2D eigenvalue weighted by Gasteiger charge is -1.92. The Hall–Kier alpha value is -0.770. The lowest BCUT2D eigenvalue weighted by Crippen LogP contribution is -1.96. The molecule has 0 saturated heterocycles. The van der Waals surface area contributed by atoms with Crippen molar-refractivity contribution in [3.05, 3.63) is 18.2 Å². The maximum absolute atomic E-state index is 4.24. The van der Waals surface area contributed by atoms with Gasteiger partial charge in [-0.15, -0.1) is 0 Å². The van der Waals surface area contributed by atoms with Crippen LogP contribution in [0.3, 0.4) is 0 Å². The van der Waals surface area contributed by atoms with Crippen molar-refractivity contribution >= 4 is 18.0 Å². The molecule has 1 aromatic heterocycles. The van der Waals surface area contributed by atoms with E-state index in [1.54, 1.807) is 18.0 Å². The van der Waals surface area contributed by atoms with Crippen molar-refractivity contribution in [2.24, 2.45) is 12.0 Å². The number of aryl methyl sites for hydroxylation is 1. The predicted octanol–water partition coefficient (Wildman–Crippen LogP) is 1.20. The van der Waals surface area contributed by atoms with Crippen LogP contribution in [0.25, 0.3) is 0 Å². The fourth-order valence-corrected chi connectivity index (χ4v) is 1.08. The van der Waals surface area contributed by atoms with Crippen LogP contribution in [0.2, 0.25) is 0 Å². The summed E-state index contributed by atoms with van der Waals surface area (Å²) in [5, 5.41) is 0. The minimum atomic E-state index is 0.869. The first-order valence-electron chi connectivity index (χ1n) is 3.80. The summed E-state index contributed by atoms with van der Waals surface area (Å²) in [4.78, 5) is 8.36. The van der Waals surface area contributed by atoms with Gasteiger partial charge in [-0.3, -0.25) is 4.99 Å². The summed E-state index contributed by atoms with van der Waals surface area (Å²) >= 11 is 1.80. The maximum Gasteiger partial charge on any atom is 0.150 e. The Morgan fingerprint density at radius 1 is 1.75 bits per heavy atom. The number of aromatic nitrogens is 2. The molecule has 0 fully saturated rings. The highest BCUT2D eigenvalue weighted by atomic mass is 32.2. The van der Waals surface area contributed by atoms with E-state index in [0.29, 0.717) is 0 Å². The number of hydrogen-bond donors (Lipinski definition) is 0. The molecule has 0 unspecified atom stereocenters. The zero-order valence-electron chi connectivity index (χ0n) is 7.40. The first kappa shape index (κ1) is 9.32. The van der Waals surface area contributed by atoms with Crippen molar-refractivity contribution in [2.75, 3.05) is 18.6 Å². The first-order valence-corrected chi connectivity index (χ1v) is 5.20. The zero-order chi connectivity index (χ0) is 8.81. The third kappa shape index (κ3) is 2.70. The third-order valence-electron chi connectivity index (χ3n) is 1.49. The van der Waals surface area contributed by atoms with Gasteiger partial charge in [-0.2, -0.15) is 11.8 Å². The number of imidazole rings is 1. The molecule has 0 spiro atoms. The Kier molecular flexibility index (Phi) is 3.87. The average Bonchev–Trinajstić information content (AvgIpc) is 2.46. The minimum Gasteiger partial charge on any atom is -0.333 e. The van der Waals surface area contributed by atoms with Gasteiger partial charge in [0, 0.05) is 31.7 Å². The van der Waals surface area contributed by atoms with Crippen LogP contribution < -0.4 is 0 Å². The zero-order valence-corrected chi connectivity index (χ0v) is 8.21. The Balaban J connectivity index is 2.41. The predicted molar refractivity (Wildman–Crippen MR) is 54.1 cm³/mol. The van der Waals surface area contributed by atoms with Crippen molar-refractivity contribution in [3.8, 4) is 0 Å². The molecule has 3 nitrogen and oxygen atoms in total. The Bertz CT molecular complexity index is 255. The fourth-order valence-electron chi connectivity index (χ4n) is 0.792. The van der Waals surface area contributed by atoms with Crippen LogP contribution in [0.5, 0.6) is 0 Å². The smallest absolute Gasteiger partial charge is 0.150 e. The first-order chi connectivity index (χ1) is 5.84. The van der Waals surface area contributed by atoms with Gasteiger partial charge in [-0.1, -0.05) is 0 Å². The molecular formula is C8H13N3S. The van der Waals surface area contributed by atoms with Gasteiger partial charge in [-0.25, -0.2) is 4.98 Å². The van der Waals surface area contributed by atoms with Crippen LogP contribution in [0.1, 0.15) is 5.82 Å². The molecule has 0 bridgehead atoms. The number of nitrogens with zero attached hydrogens (tertiary/aromatic N) is 3. The van der Waals surface area contributed by atoms with Gasteiger partial charge in [0.1, 0.15) is 5.82 Å². The molecule has 4 heteroatoms. The van der Waals surface area contributed by atoms with Gasteiger partial charge in [0.05, 0.1) is 6.21 Å². The van der Waals surface area contributed by atoms with Gasteiger partial charge in [0.15, 0.2) is 0 Å². The van der Waals surface area contributed by atoms with E-state index in [4.69, 9.17) is 0 Å². The monoisotopic (exact) mass is 183 g/mol. The molecular weight excluding hydrogens is 170 g/mol. The van der Waals surface area contributed by atoms with E-state index in [1.165, 1.54) is 0 Å². The lowest BCUT2D eigenvalue weighted by atomic mass is 10.6. The van der Waals surface area contributed by atoms with Crippen molar-refractivity contribution < 1.29 is 0 Å². The molecule has 0 saturated carbocycles. The molecule has 0 aliphatic heterocycles. The van der Waals surface area contributed by atoms with E-state index in [1.807, 2.05) is 24.0 Å². The van der Waals surface area contributed by atoms with Gasteiger partial charge >= 0.3 is 0 Å². The largest absolute Gasteiger partial charge is 0.333 e. The minimum absolute atomic E-state index is 0.869. The standard InChI is InChI=1S/C8H13N3S/c1-11-5-3-10-8(11)7-9-4-6-12-2/h3,5,7H,4,6H2,1-2H3/b9-7+. The molecule has 1 rings (SSSR count). The Morgan fingerprint density at radius 3 is 3.17 bits per heavy atom. The molecule has 0 amide bonds. The highest BCUT2D eigenvalue weighted by molar-refractivity contribution is 7.98. The van der Waals surface area contributed by atoms with Crippen molar-refractivity contribution in [1.29, 1.82) is 0 Å². The Morgan fingerprint density at radius 2 is 2.58 bits per heavy atom. The van der Waals surface area contributed by atoms with E-state index in [9.17, 15) is 0 Å². The topological polar surface area (TPSA) is 30.2 Å². The second-order valence-electron chi connectivity index (χ2n) is 2.42. The lowest BCUT2D eigenvalue weighted by molar-refractivity contribution is 0.900. The summed E-state index contributed by atoms with van der Waals surface area (Å²) in [6.45, 7) is 0.869.